The summed E-state index contributed by atoms with van der Waals surface area (Å²) in [5.41, 5.74) is -0.180. The fourth-order valence-corrected chi connectivity index (χ4v) is 3.98. The van der Waals surface area contributed by atoms with Crippen LogP contribution in [0.15, 0.2) is 24.3 Å². The van der Waals surface area contributed by atoms with Crippen molar-refractivity contribution in [1.82, 2.24) is 10.2 Å². The summed E-state index contributed by atoms with van der Waals surface area (Å²) in [4.78, 5) is 34.4. The van der Waals surface area contributed by atoms with Gasteiger partial charge in [-0.1, -0.05) is 0 Å². The van der Waals surface area contributed by atoms with Crippen LogP contribution in [-0.2, 0) is 23.6 Å². The Kier molecular flexibility index (Phi) is 9.41. The van der Waals surface area contributed by atoms with Crippen LogP contribution in [0.2, 0.25) is 0 Å². The number of hydrogen-bond acceptors (Lipinski definition) is 8. The van der Waals surface area contributed by atoms with Gasteiger partial charge in [0.2, 0.25) is 0 Å². The summed E-state index contributed by atoms with van der Waals surface area (Å²) in [7, 11) is -4.06. The largest absolute Gasteiger partial charge is 0.462 e. The fourth-order valence-electron chi connectivity index (χ4n) is 2.15. The average Bonchev–Trinajstić information content (AvgIpc) is 2.60. The molecular weight excluding hydrogens is 417 g/mol. The molecule has 30 heavy (non-hydrogen) atoms. The fraction of sp³-hybridized carbons (Fsp3) is 0.556. The van der Waals surface area contributed by atoms with Crippen molar-refractivity contribution in [1.29, 1.82) is 0 Å². The first kappa shape index (κ1) is 25.5. The van der Waals surface area contributed by atoms with Crippen molar-refractivity contribution in [2.24, 2.45) is 0 Å². The average molecular weight is 445 g/mol. The number of nitrogens with one attached hydrogen (secondary N) is 2. The van der Waals surface area contributed by atoms with Gasteiger partial charge in [-0.3, -0.25) is 19.7 Å². The molecule has 2 N–H and O–H groups in total. The number of carbonyl (C=O) groups is 2. The Hall–Kier alpha value is -2.49. The standard InChI is InChI=1S/C18H28N3O8P/c1-11(2)27-17(22)13(5)19-30(26,20-14(6)18(23)28-12(3)4)29-16-9-7-15(8-10-16)21(24)25/h7-14H,1-6H3,(H2,19,20,26)/t13-,14-/m0/s1. The van der Waals surface area contributed by atoms with Crippen LogP contribution in [0.4, 0.5) is 5.69 Å². The van der Waals surface area contributed by atoms with E-state index in [1.165, 1.54) is 38.1 Å². The highest BCUT2D eigenvalue weighted by Crippen LogP contribution is 2.40. The Balaban J connectivity index is 3.07. The molecule has 1 aromatic rings. The second kappa shape index (κ2) is 11.1. The van der Waals surface area contributed by atoms with Crippen molar-refractivity contribution in [3.8, 4) is 5.75 Å². The number of esters is 2. The zero-order chi connectivity index (χ0) is 23.1. The lowest BCUT2D eigenvalue weighted by Crippen LogP contribution is -2.43. The minimum absolute atomic E-state index is 0.0257. The highest BCUT2D eigenvalue weighted by molar-refractivity contribution is 7.55. The van der Waals surface area contributed by atoms with Crippen LogP contribution in [-0.4, -0.2) is 41.2 Å². The zero-order valence-electron chi connectivity index (χ0n) is 17.8. The SMILES string of the molecule is CC(C)OC(=O)[C@H](C)NP(=O)(N[C@@H](C)C(=O)OC(C)C)Oc1ccc([N+](=O)[O-])cc1. The van der Waals surface area contributed by atoms with Gasteiger partial charge in [-0.25, -0.2) is 14.7 Å². The number of ether oxygens (including phenoxy) is 2. The van der Waals surface area contributed by atoms with Gasteiger partial charge in [0.15, 0.2) is 0 Å². The molecule has 1 aromatic carbocycles. The van der Waals surface area contributed by atoms with Crippen molar-refractivity contribution in [2.45, 2.75) is 65.8 Å². The molecule has 0 aliphatic rings. The summed E-state index contributed by atoms with van der Waals surface area (Å²) in [6, 6.07) is 2.76. The molecule has 0 saturated carbocycles. The Morgan fingerprint density at radius 3 is 1.63 bits per heavy atom. The Morgan fingerprint density at radius 2 is 1.30 bits per heavy atom. The van der Waals surface area contributed by atoms with Gasteiger partial charge < -0.3 is 14.0 Å². The molecule has 0 heterocycles. The molecule has 0 radical (unpaired) electrons. The monoisotopic (exact) mass is 445 g/mol. The van der Waals surface area contributed by atoms with Crippen molar-refractivity contribution >= 4 is 25.3 Å². The third kappa shape index (κ3) is 8.48. The lowest BCUT2D eigenvalue weighted by atomic mass is 10.3. The van der Waals surface area contributed by atoms with Gasteiger partial charge in [0.25, 0.3) is 5.69 Å². The normalized spacial score (nSPS) is 13.6. The second-order valence-corrected chi connectivity index (χ2v) is 8.87. The molecule has 2 atom stereocenters. The predicted molar refractivity (Wildman–Crippen MR) is 109 cm³/mol. The van der Waals surface area contributed by atoms with Gasteiger partial charge in [-0.2, -0.15) is 0 Å². The van der Waals surface area contributed by atoms with Crippen LogP contribution < -0.4 is 14.7 Å². The summed E-state index contributed by atoms with van der Waals surface area (Å²) < 4.78 is 29.1. The van der Waals surface area contributed by atoms with E-state index >= 15 is 0 Å². The molecule has 0 spiro atoms. The third-order valence-corrected chi connectivity index (χ3v) is 5.34. The number of hydrogen-bond donors (Lipinski definition) is 2. The van der Waals surface area contributed by atoms with Gasteiger partial charge in [0.1, 0.15) is 17.8 Å². The van der Waals surface area contributed by atoms with E-state index < -0.39 is 36.6 Å². The quantitative estimate of drug-likeness (QED) is 0.225. The van der Waals surface area contributed by atoms with Gasteiger partial charge >= 0.3 is 19.6 Å². The second-order valence-electron chi connectivity index (χ2n) is 7.07. The van der Waals surface area contributed by atoms with E-state index in [-0.39, 0.29) is 23.6 Å². The first-order chi connectivity index (χ1) is 13.8. The van der Waals surface area contributed by atoms with E-state index in [9.17, 15) is 24.3 Å². The number of nitro benzene ring substituents is 1. The molecule has 0 saturated heterocycles. The Labute approximate surface area is 175 Å². The first-order valence-corrected chi connectivity index (χ1v) is 11.0. The van der Waals surface area contributed by atoms with Crippen molar-refractivity contribution < 1.29 is 33.1 Å². The molecule has 0 amide bonds. The molecule has 0 aromatic heterocycles. The number of nitrogens with zero attached hydrogens (tertiary/aromatic N) is 1. The minimum Gasteiger partial charge on any atom is -0.462 e. The van der Waals surface area contributed by atoms with Crippen molar-refractivity contribution in [3.05, 3.63) is 34.4 Å². The highest BCUT2D eigenvalue weighted by Gasteiger charge is 2.34. The van der Waals surface area contributed by atoms with Crippen molar-refractivity contribution in [2.75, 3.05) is 0 Å². The summed E-state index contributed by atoms with van der Waals surface area (Å²) in [5.74, 6) is -1.31. The Morgan fingerprint density at radius 1 is 0.900 bits per heavy atom. The summed E-state index contributed by atoms with van der Waals surface area (Å²) in [5, 5.41) is 15.9. The summed E-state index contributed by atoms with van der Waals surface area (Å²) in [6.45, 7) is 9.52. The number of carbonyl (C=O) groups excluding carboxylic acids is 2. The summed E-state index contributed by atoms with van der Waals surface area (Å²) >= 11 is 0. The van der Waals surface area contributed by atoms with Crippen molar-refractivity contribution in [3.63, 3.8) is 0 Å². The minimum atomic E-state index is -4.06. The smallest absolute Gasteiger partial charge is 0.391 e. The number of non-ortho nitro benzene ring substituents is 1. The molecule has 12 heteroatoms. The van der Waals surface area contributed by atoms with Crippen LogP contribution in [0.25, 0.3) is 0 Å². The molecule has 0 bridgehead atoms. The molecule has 1 rings (SSSR count). The summed E-state index contributed by atoms with van der Waals surface area (Å²) in [6.07, 6.45) is -0.769. The maximum Gasteiger partial charge on any atom is 0.391 e. The topological polar surface area (TPSA) is 146 Å². The van der Waals surface area contributed by atoms with E-state index in [2.05, 4.69) is 10.2 Å². The number of rotatable bonds is 11. The van der Waals surface area contributed by atoms with E-state index in [0.717, 1.165) is 0 Å². The van der Waals surface area contributed by atoms with E-state index in [0.29, 0.717) is 0 Å². The van der Waals surface area contributed by atoms with E-state index in [1.807, 2.05) is 0 Å². The van der Waals surface area contributed by atoms with Gasteiger partial charge in [-0.05, 0) is 53.7 Å². The molecule has 0 fully saturated rings. The first-order valence-electron chi connectivity index (χ1n) is 9.33. The molecule has 11 nitrogen and oxygen atoms in total. The van der Waals surface area contributed by atoms with Gasteiger partial charge in [-0.15, -0.1) is 0 Å². The van der Waals surface area contributed by atoms with Crippen LogP contribution in [0.1, 0.15) is 41.5 Å². The van der Waals surface area contributed by atoms with Crippen LogP contribution in [0.5, 0.6) is 5.75 Å². The van der Waals surface area contributed by atoms with Gasteiger partial charge in [0.05, 0.1) is 17.1 Å². The maximum absolute atomic E-state index is 13.4. The van der Waals surface area contributed by atoms with Crippen LogP contribution in [0.3, 0.4) is 0 Å². The molecule has 168 valence electrons. The lowest BCUT2D eigenvalue weighted by molar-refractivity contribution is -0.384. The number of benzene rings is 1. The third-order valence-electron chi connectivity index (χ3n) is 3.42. The van der Waals surface area contributed by atoms with Crippen LogP contribution >= 0.6 is 7.67 Å². The maximum atomic E-state index is 13.4. The molecule has 0 aliphatic carbocycles. The Bertz CT molecular complexity index is 763. The molecular formula is C18H28N3O8P. The van der Waals surface area contributed by atoms with E-state index in [1.54, 1.807) is 27.7 Å². The zero-order valence-corrected chi connectivity index (χ0v) is 18.7. The molecule has 0 aliphatic heterocycles. The van der Waals surface area contributed by atoms with Gasteiger partial charge in [0, 0.05) is 12.1 Å². The van der Waals surface area contributed by atoms with E-state index in [4.69, 9.17) is 14.0 Å². The predicted octanol–water partition coefficient (Wildman–Crippen LogP) is 2.94. The highest BCUT2D eigenvalue weighted by atomic mass is 31.2. The van der Waals surface area contributed by atoms with Crippen LogP contribution in [0, 0.1) is 10.1 Å². The number of nitro groups is 1. The molecule has 0 unspecified atom stereocenters. The lowest BCUT2D eigenvalue weighted by Gasteiger charge is -2.26.